The Bertz CT molecular complexity index is 349. The lowest BCUT2D eigenvalue weighted by Gasteiger charge is -2.23. The van der Waals surface area contributed by atoms with Crippen molar-refractivity contribution in [2.24, 2.45) is 16.9 Å². The minimum absolute atomic E-state index is 0.0137. The van der Waals surface area contributed by atoms with Gasteiger partial charge in [-0.15, -0.1) is 0 Å². The number of hydrogen-bond donors (Lipinski definition) is 4. The third-order valence-corrected chi connectivity index (χ3v) is 2.36. The lowest BCUT2D eigenvalue weighted by Crippen LogP contribution is -2.45. The maximum absolute atomic E-state index is 11.6. The van der Waals surface area contributed by atoms with Gasteiger partial charge < -0.3 is 21.9 Å². The number of amides is 2. The van der Waals surface area contributed by atoms with E-state index in [2.05, 4.69) is 5.32 Å². The van der Waals surface area contributed by atoms with Crippen molar-refractivity contribution in [2.75, 3.05) is 0 Å². The first-order chi connectivity index (χ1) is 8.51. The zero-order valence-electron chi connectivity index (χ0n) is 11.6. The highest BCUT2D eigenvalue weighted by atomic mass is 16.4. The van der Waals surface area contributed by atoms with E-state index < -0.39 is 30.2 Å². The van der Waals surface area contributed by atoms with Crippen molar-refractivity contribution in [3.8, 4) is 0 Å². The summed E-state index contributed by atoms with van der Waals surface area (Å²) in [7, 11) is 0. The van der Waals surface area contributed by atoms with Gasteiger partial charge in [-0.2, -0.15) is 0 Å². The minimum atomic E-state index is -1.30. The molecule has 0 aliphatic rings. The predicted octanol–water partition coefficient (Wildman–Crippen LogP) is -0.415. The normalized spacial score (nSPS) is 14.5. The summed E-state index contributed by atoms with van der Waals surface area (Å²) in [5.74, 6) is -2.58. The molecule has 0 spiro atoms. The van der Waals surface area contributed by atoms with E-state index in [0.29, 0.717) is 6.42 Å². The van der Waals surface area contributed by atoms with E-state index >= 15 is 0 Å². The van der Waals surface area contributed by atoms with Crippen LogP contribution in [-0.4, -0.2) is 35.0 Å². The van der Waals surface area contributed by atoms with Gasteiger partial charge >= 0.3 is 5.97 Å². The summed E-state index contributed by atoms with van der Waals surface area (Å²) in [6.07, 6.45) is 0.212. The molecule has 0 aliphatic carbocycles. The molecule has 0 rings (SSSR count). The minimum Gasteiger partial charge on any atom is -0.480 e. The molecule has 7 nitrogen and oxygen atoms in total. The van der Waals surface area contributed by atoms with Gasteiger partial charge in [-0.3, -0.25) is 9.59 Å². The Morgan fingerprint density at radius 3 is 2.11 bits per heavy atom. The lowest BCUT2D eigenvalue weighted by molar-refractivity contribution is -0.143. The Hall–Kier alpha value is -1.63. The first-order valence-corrected chi connectivity index (χ1v) is 6.07. The third kappa shape index (κ3) is 9.01. The molecule has 0 aliphatic heterocycles. The monoisotopic (exact) mass is 273 g/mol. The Morgan fingerprint density at radius 1 is 1.21 bits per heavy atom. The first-order valence-electron chi connectivity index (χ1n) is 6.07. The second kappa shape index (κ2) is 7.08. The largest absolute Gasteiger partial charge is 0.480 e. The number of carboxylic acid groups (broad SMARTS) is 1. The predicted molar refractivity (Wildman–Crippen MR) is 70.0 cm³/mol. The number of primary amides is 1. The molecule has 0 radical (unpaired) electrons. The Balaban J connectivity index is 4.34. The molecule has 0 aromatic heterocycles. The summed E-state index contributed by atoms with van der Waals surface area (Å²) in [5, 5.41) is 11.1. The second-order valence-electron chi connectivity index (χ2n) is 5.86. The van der Waals surface area contributed by atoms with Gasteiger partial charge in [-0.1, -0.05) is 20.8 Å². The van der Waals surface area contributed by atoms with E-state index in [1.165, 1.54) is 0 Å². The highest BCUT2D eigenvalue weighted by molar-refractivity contribution is 5.88. The summed E-state index contributed by atoms with van der Waals surface area (Å²) in [5.41, 5.74) is 10.7. The molecular weight excluding hydrogens is 250 g/mol. The summed E-state index contributed by atoms with van der Waals surface area (Å²) < 4.78 is 0. The van der Waals surface area contributed by atoms with Crippen LogP contribution in [0.2, 0.25) is 0 Å². The van der Waals surface area contributed by atoms with E-state index in [0.717, 1.165) is 0 Å². The lowest BCUT2D eigenvalue weighted by atomic mass is 9.87. The maximum atomic E-state index is 11.6. The molecule has 0 saturated heterocycles. The Morgan fingerprint density at radius 2 is 1.74 bits per heavy atom. The van der Waals surface area contributed by atoms with Crippen molar-refractivity contribution < 1.29 is 19.5 Å². The Kier molecular flexibility index (Phi) is 6.47. The van der Waals surface area contributed by atoms with Crippen molar-refractivity contribution in [2.45, 2.75) is 52.1 Å². The quantitative estimate of drug-likeness (QED) is 0.499. The molecule has 0 aromatic carbocycles. The molecule has 2 amide bonds. The van der Waals surface area contributed by atoms with Crippen LogP contribution in [0.1, 0.15) is 40.0 Å². The van der Waals surface area contributed by atoms with E-state index in [-0.39, 0.29) is 17.9 Å². The summed E-state index contributed by atoms with van der Waals surface area (Å²) in [6, 6.07) is -1.66. The average Bonchev–Trinajstić information content (AvgIpc) is 2.11. The molecule has 0 bridgehead atoms. The van der Waals surface area contributed by atoms with Gasteiger partial charge in [-0.05, 0) is 11.8 Å². The second-order valence-corrected chi connectivity index (χ2v) is 5.86. The van der Waals surface area contributed by atoms with Crippen LogP contribution in [0, 0.1) is 5.41 Å². The maximum Gasteiger partial charge on any atom is 0.326 e. The van der Waals surface area contributed by atoms with Gasteiger partial charge in [0, 0.05) is 12.5 Å². The van der Waals surface area contributed by atoms with Gasteiger partial charge in [0.1, 0.15) is 6.04 Å². The number of rotatable bonds is 7. The fourth-order valence-corrected chi connectivity index (χ4v) is 1.75. The number of nitrogens with one attached hydrogen (secondary N) is 1. The number of carbonyl (C=O) groups is 3. The molecule has 0 heterocycles. The zero-order valence-corrected chi connectivity index (χ0v) is 11.6. The van der Waals surface area contributed by atoms with E-state index in [4.69, 9.17) is 16.6 Å². The Labute approximate surface area is 112 Å². The van der Waals surface area contributed by atoms with Gasteiger partial charge in [0.2, 0.25) is 11.8 Å². The molecule has 2 atom stereocenters. The van der Waals surface area contributed by atoms with Crippen LogP contribution in [0.5, 0.6) is 0 Å². The molecular formula is C12H23N3O4. The molecule has 7 heteroatoms. The molecule has 0 saturated carbocycles. The third-order valence-electron chi connectivity index (χ3n) is 2.36. The molecule has 6 N–H and O–H groups in total. The van der Waals surface area contributed by atoms with Crippen molar-refractivity contribution >= 4 is 17.8 Å². The number of aliphatic carboxylic acids is 1. The highest BCUT2D eigenvalue weighted by Crippen LogP contribution is 2.20. The van der Waals surface area contributed by atoms with Crippen LogP contribution in [0.25, 0.3) is 0 Å². The highest BCUT2D eigenvalue weighted by Gasteiger charge is 2.24. The zero-order chi connectivity index (χ0) is 15.2. The van der Waals surface area contributed by atoms with Gasteiger partial charge in [-0.25, -0.2) is 4.79 Å². The fraction of sp³-hybridized carbons (Fsp3) is 0.750. The number of carbonyl (C=O) groups excluding carboxylic acids is 2. The summed E-state index contributed by atoms with van der Waals surface area (Å²) in [4.78, 5) is 33.1. The van der Waals surface area contributed by atoms with Crippen molar-refractivity contribution in [1.29, 1.82) is 0 Å². The van der Waals surface area contributed by atoms with Crippen molar-refractivity contribution in [1.82, 2.24) is 5.32 Å². The van der Waals surface area contributed by atoms with Crippen LogP contribution in [0.4, 0.5) is 0 Å². The topological polar surface area (TPSA) is 136 Å². The summed E-state index contributed by atoms with van der Waals surface area (Å²) in [6.45, 7) is 5.99. The number of carboxylic acids is 1. The van der Waals surface area contributed by atoms with Gasteiger partial charge in [0.25, 0.3) is 0 Å². The molecule has 19 heavy (non-hydrogen) atoms. The first kappa shape index (κ1) is 17.4. The van der Waals surface area contributed by atoms with Crippen molar-refractivity contribution in [3.63, 3.8) is 0 Å². The molecule has 2 unspecified atom stereocenters. The SMILES string of the molecule is CC(C)(C)CC(N)CC(=O)NC(CC(N)=O)C(=O)O. The van der Waals surface area contributed by atoms with E-state index in [1.54, 1.807) is 0 Å². The van der Waals surface area contributed by atoms with Crippen LogP contribution < -0.4 is 16.8 Å². The van der Waals surface area contributed by atoms with Crippen molar-refractivity contribution in [3.05, 3.63) is 0 Å². The van der Waals surface area contributed by atoms with Crippen LogP contribution in [0.3, 0.4) is 0 Å². The molecule has 110 valence electrons. The van der Waals surface area contributed by atoms with Crippen LogP contribution >= 0.6 is 0 Å². The van der Waals surface area contributed by atoms with Crippen LogP contribution in [-0.2, 0) is 14.4 Å². The smallest absolute Gasteiger partial charge is 0.326 e. The number of hydrogen-bond acceptors (Lipinski definition) is 4. The summed E-state index contributed by atoms with van der Waals surface area (Å²) >= 11 is 0. The molecule has 0 aromatic rings. The van der Waals surface area contributed by atoms with Gasteiger partial charge in [0.05, 0.1) is 6.42 Å². The molecule has 0 fully saturated rings. The standard InChI is InChI=1S/C12H23N3O4/c1-12(2,3)6-7(13)4-10(17)15-8(11(18)19)5-9(14)16/h7-8H,4-6,13H2,1-3H3,(H2,14,16)(H,15,17)(H,18,19). The van der Waals surface area contributed by atoms with E-state index in [9.17, 15) is 14.4 Å². The fourth-order valence-electron chi connectivity index (χ4n) is 1.75. The van der Waals surface area contributed by atoms with Gasteiger partial charge in [0.15, 0.2) is 0 Å². The van der Waals surface area contributed by atoms with E-state index in [1.807, 2.05) is 20.8 Å². The average molecular weight is 273 g/mol. The number of nitrogens with two attached hydrogens (primary N) is 2. The van der Waals surface area contributed by atoms with Crippen LogP contribution in [0.15, 0.2) is 0 Å².